The molecule has 102 valence electrons. The Morgan fingerprint density at radius 1 is 1.37 bits per heavy atom. The second-order valence-corrected chi connectivity index (χ2v) is 4.78. The highest BCUT2D eigenvalue weighted by atomic mass is 16.4. The Kier molecular flexibility index (Phi) is 4.04. The SMILES string of the molecule is CCC(NC(=O)NC1CC1c1ccccc1)C(=O)O. The van der Waals surface area contributed by atoms with Crippen molar-refractivity contribution < 1.29 is 14.7 Å². The molecule has 0 bridgehead atoms. The highest BCUT2D eigenvalue weighted by molar-refractivity contribution is 5.82. The van der Waals surface area contributed by atoms with Crippen LogP contribution >= 0.6 is 0 Å². The summed E-state index contributed by atoms with van der Waals surface area (Å²) in [5, 5.41) is 14.1. The van der Waals surface area contributed by atoms with E-state index in [2.05, 4.69) is 10.6 Å². The van der Waals surface area contributed by atoms with Gasteiger partial charge in [0.05, 0.1) is 0 Å². The number of aliphatic carboxylic acids is 1. The summed E-state index contributed by atoms with van der Waals surface area (Å²) < 4.78 is 0. The lowest BCUT2D eigenvalue weighted by Gasteiger charge is -2.13. The van der Waals surface area contributed by atoms with E-state index in [-0.39, 0.29) is 6.04 Å². The second kappa shape index (κ2) is 5.73. The Bertz CT molecular complexity index is 461. The average molecular weight is 262 g/mol. The largest absolute Gasteiger partial charge is 0.480 e. The van der Waals surface area contributed by atoms with Crippen LogP contribution in [0, 0.1) is 0 Å². The maximum Gasteiger partial charge on any atom is 0.326 e. The predicted octanol–water partition coefficient (Wildman–Crippen LogP) is 1.70. The maximum absolute atomic E-state index is 11.7. The third-order valence-corrected chi connectivity index (χ3v) is 3.35. The molecule has 0 spiro atoms. The quantitative estimate of drug-likeness (QED) is 0.755. The summed E-state index contributed by atoms with van der Waals surface area (Å²) in [5.74, 6) is -0.662. The van der Waals surface area contributed by atoms with Gasteiger partial charge in [0.1, 0.15) is 6.04 Å². The smallest absolute Gasteiger partial charge is 0.326 e. The molecule has 2 amide bonds. The van der Waals surface area contributed by atoms with Gasteiger partial charge in [0.2, 0.25) is 0 Å². The van der Waals surface area contributed by atoms with Gasteiger partial charge in [0, 0.05) is 12.0 Å². The van der Waals surface area contributed by atoms with E-state index in [4.69, 9.17) is 5.11 Å². The minimum absolute atomic E-state index is 0.105. The molecule has 0 heterocycles. The van der Waals surface area contributed by atoms with Crippen molar-refractivity contribution in [3.8, 4) is 0 Å². The van der Waals surface area contributed by atoms with Crippen molar-refractivity contribution in [1.82, 2.24) is 10.6 Å². The molecule has 0 radical (unpaired) electrons. The lowest BCUT2D eigenvalue weighted by atomic mass is 10.1. The van der Waals surface area contributed by atoms with Crippen LogP contribution in [0.4, 0.5) is 4.79 Å². The lowest BCUT2D eigenvalue weighted by molar-refractivity contribution is -0.139. The van der Waals surface area contributed by atoms with Crippen molar-refractivity contribution >= 4 is 12.0 Å². The molecular weight excluding hydrogens is 244 g/mol. The fraction of sp³-hybridized carbons (Fsp3) is 0.429. The van der Waals surface area contributed by atoms with Crippen molar-refractivity contribution in [1.29, 1.82) is 0 Å². The van der Waals surface area contributed by atoms with Crippen molar-refractivity contribution in [3.05, 3.63) is 35.9 Å². The monoisotopic (exact) mass is 262 g/mol. The first-order valence-corrected chi connectivity index (χ1v) is 6.46. The average Bonchev–Trinajstić information content (AvgIpc) is 3.16. The van der Waals surface area contributed by atoms with Crippen molar-refractivity contribution in [2.75, 3.05) is 0 Å². The van der Waals surface area contributed by atoms with Crippen molar-refractivity contribution in [2.24, 2.45) is 0 Å². The molecule has 5 nitrogen and oxygen atoms in total. The molecule has 3 N–H and O–H groups in total. The number of carbonyl (C=O) groups excluding carboxylic acids is 1. The first-order valence-electron chi connectivity index (χ1n) is 6.46. The van der Waals surface area contributed by atoms with Gasteiger partial charge in [-0.2, -0.15) is 0 Å². The van der Waals surface area contributed by atoms with Crippen LogP contribution in [0.15, 0.2) is 30.3 Å². The van der Waals surface area contributed by atoms with Gasteiger partial charge in [-0.25, -0.2) is 9.59 Å². The Labute approximate surface area is 112 Å². The molecule has 0 aliphatic heterocycles. The number of carboxylic acid groups (broad SMARTS) is 1. The number of amides is 2. The number of rotatable bonds is 5. The van der Waals surface area contributed by atoms with Gasteiger partial charge in [-0.1, -0.05) is 37.3 Å². The molecule has 0 saturated heterocycles. The van der Waals surface area contributed by atoms with Crippen LogP contribution in [0.2, 0.25) is 0 Å². The molecule has 1 aliphatic carbocycles. The minimum Gasteiger partial charge on any atom is -0.480 e. The van der Waals surface area contributed by atoms with Crippen LogP contribution in [0.1, 0.15) is 31.2 Å². The Morgan fingerprint density at radius 2 is 2.05 bits per heavy atom. The molecule has 0 aromatic heterocycles. The Morgan fingerprint density at radius 3 is 2.63 bits per heavy atom. The van der Waals surface area contributed by atoms with E-state index in [1.165, 1.54) is 5.56 Å². The molecule has 1 fully saturated rings. The number of benzene rings is 1. The molecule has 3 atom stereocenters. The molecule has 1 aromatic carbocycles. The zero-order chi connectivity index (χ0) is 13.8. The van der Waals surface area contributed by atoms with Crippen LogP contribution in [-0.4, -0.2) is 29.2 Å². The maximum atomic E-state index is 11.7. The van der Waals surface area contributed by atoms with E-state index >= 15 is 0 Å². The van der Waals surface area contributed by atoms with Crippen LogP contribution in [-0.2, 0) is 4.79 Å². The van der Waals surface area contributed by atoms with E-state index < -0.39 is 18.0 Å². The second-order valence-electron chi connectivity index (χ2n) is 4.78. The van der Waals surface area contributed by atoms with Crippen LogP contribution < -0.4 is 10.6 Å². The molecule has 1 saturated carbocycles. The van der Waals surface area contributed by atoms with Gasteiger partial charge in [0.15, 0.2) is 0 Å². The molecule has 1 aliphatic rings. The van der Waals surface area contributed by atoms with Gasteiger partial charge in [-0.3, -0.25) is 0 Å². The number of hydrogen-bond acceptors (Lipinski definition) is 2. The molecular formula is C14H18N2O3. The van der Waals surface area contributed by atoms with Crippen molar-refractivity contribution in [3.63, 3.8) is 0 Å². The summed E-state index contributed by atoms with van der Waals surface area (Å²) in [6, 6.07) is 8.86. The van der Waals surface area contributed by atoms with E-state index in [1.807, 2.05) is 30.3 Å². The normalized spacial score (nSPS) is 22.4. The van der Waals surface area contributed by atoms with Gasteiger partial charge < -0.3 is 15.7 Å². The van der Waals surface area contributed by atoms with Crippen LogP contribution in [0.3, 0.4) is 0 Å². The van der Waals surface area contributed by atoms with Gasteiger partial charge in [-0.05, 0) is 18.4 Å². The minimum atomic E-state index is -1.01. The highest BCUT2D eigenvalue weighted by Gasteiger charge is 2.39. The Balaban J connectivity index is 1.81. The van der Waals surface area contributed by atoms with E-state index in [0.29, 0.717) is 12.3 Å². The molecule has 3 unspecified atom stereocenters. The predicted molar refractivity (Wildman–Crippen MR) is 71.0 cm³/mol. The van der Waals surface area contributed by atoms with Gasteiger partial charge in [0.25, 0.3) is 0 Å². The fourth-order valence-electron chi connectivity index (χ4n) is 2.13. The zero-order valence-corrected chi connectivity index (χ0v) is 10.8. The van der Waals surface area contributed by atoms with Crippen LogP contribution in [0.25, 0.3) is 0 Å². The highest BCUT2D eigenvalue weighted by Crippen LogP contribution is 2.40. The van der Waals surface area contributed by atoms with E-state index in [0.717, 1.165) is 6.42 Å². The van der Waals surface area contributed by atoms with E-state index in [9.17, 15) is 9.59 Å². The van der Waals surface area contributed by atoms with Crippen molar-refractivity contribution in [2.45, 2.75) is 37.8 Å². The van der Waals surface area contributed by atoms with E-state index in [1.54, 1.807) is 6.92 Å². The summed E-state index contributed by atoms with van der Waals surface area (Å²) in [7, 11) is 0. The molecule has 5 heteroatoms. The summed E-state index contributed by atoms with van der Waals surface area (Å²) in [5.41, 5.74) is 1.21. The first-order chi connectivity index (χ1) is 9.11. The zero-order valence-electron chi connectivity index (χ0n) is 10.8. The lowest BCUT2D eigenvalue weighted by Crippen LogP contribution is -2.46. The number of urea groups is 1. The summed E-state index contributed by atoms with van der Waals surface area (Å²) in [6.45, 7) is 1.73. The van der Waals surface area contributed by atoms with Gasteiger partial charge >= 0.3 is 12.0 Å². The molecule has 19 heavy (non-hydrogen) atoms. The summed E-state index contributed by atoms with van der Waals surface area (Å²) >= 11 is 0. The summed E-state index contributed by atoms with van der Waals surface area (Å²) in [6.07, 6.45) is 1.27. The number of nitrogens with one attached hydrogen (secondary N) is 2. The number of carboxylic acids is 1. The third-order valence-electron chi connectivity index (χ3n) is 3.35. The fourth-order valence-corrected chi connectivity index (χ4v) is 2.13. The van der Waals surface area contributed by atoms with Gasteiger partial charge in [-0.15, -0.1) is 0 Å². The molecule has 2 rings (SSSR count). The number of carbonyl (C=O) groups is 2. The first kappa shape index (κ1) is 13.4. The van der Waals surface area contributed by atoms with Crippen LogP contribution in [0.5, 0.6) is 0 Å². The standard InChI is InChI=1S/C14H18N2O3/c1-2-11(13(17)18)15-14(19)16-12-8-10(12)9-6-4-3-5-7-9/h3-7,10-12H,2,8H2,1H3,(H,17,18)(H2,15,16,19). The topological polar surface area (TPSA) is 78.4 Å². The number of hydrogen-bond donors (Lipinski definition) is 3. The molecule has 1 aromatic rings. The third kappa shape index (κ3) is 3.47. The Hall–Kier alpha value is -2.04. The summed E-state index contributed by atoms with van der Waals surface area (Å²) in [4.78, 5) is 22.5.